The Labute approximate surface area is 102 Å². The van der Waals surface area contributed by atoms with Crippen molar-refractivity contribution in [3.05, 3.63) is 42.5 Å². The molecule has 1 atom stereocenters. The molecule has 2 rings (SSSR count). The third kappa shape index (κ3) is 2.33. The average Bonchev–Trinajstić information content (AvgIpc) is 2.78. The molecule has 90 valence electrons. The highest BCUT2D eigenvalue weighted by Gasteiger charge is 2.28. The van der Waals surface area contributed by atoms with E-state index in [0.29, 0.717) is 17.3 Å². The van der Waals surface area contributed by atoms with Gasteiger partial charge in [0.05, 0.1) is 5.56 Å². The predicted molar refractivity (Wildman–Crippen MR) is 69.7 cm³/mol. The van der Waals surface area contributed by atoms with E-state index in [-0.39, 0.29) is 5.91 Å². The molecule has 3 nitrogen and oxygen atoms in total. The highest BCUT2D eigenvalue weighted by atomic mass is 16.2. The van der Waals surface area contributed by atoms with E-state index in [1.807, 2.05) is 23.1 Å². The molecule has 1 aromatic carbocycles. The van der Waals surface area contributed by atoms with E-state index >= 15 is 0 Å². The minimum absolute atomic E-state index is 0.0486. The van der Waals surface area contributed by atoms with Crippen molar-refractivity contribution in [2.45, 2.75) is 25.3 Å². The normalized spacial score (nSPS) is 19.3. The molecule has 2 N–H and O–H groups in total. The first-order valence-electron chi connectivity index (χ1n) is 6.00. The van der Waals surface area contributed by atoms with Crippen molar-refractivity contribution in [2.24, 2.45) is 0 Å². The van der Waals surface area contributed by atoms with Gasteiger partial charge in [-0.1, -0.05) is 18.2 Å². The molecule has 0 aromatic heterocycles. The van der Waals surface area contributed by atoms with Crippen LogP contribution in [-0.4, -0.2) is 23.4 Å². The van der Waals surface area contributed by atoms with Gasteiger partial charge >= 0.3 is 0 Å². The van der Waals surface area contributed by atoms with E-state index in [0.717, 1.165) is 25.8 Å². The molecule has 1 aromatic rings. The summed E-state index contributed by atoms with van der Waals surface area (Å²) in [6.45, 7) is 4.57. The van der Waals surface area contributed by atoms with Crippen molar-refractivity contribution in [2.75, 3.05) is 12.3 Å². The van der Waals surface area contributed by atoms with Crippen LogP contribution in [0.25, 0.3) is 0 Å². The van der Waals surface area contributed by atoms with Crippen molar-refractivity contribution < 1.29 is 4.79 Å². The zero-order chi connectivity index (χ0) is 12.3. The zero-order valence-corrected chi connectivity index (χ0v) is 9.93. The third-order valence-corrected chi connectivity index (χ3v) is 3.27. The first-order chi connectivity index (χ1) is 8.24. The number of likely N-dealkylation sites (tertiary alicyclic amines) is 1. The summed E-state index contributed by atoms with van der Waals surface area (Å²) in [5, 5.41) is 0. The molecule has 0 spiro atoms. The first kappa shape index (κ1) is 11.7. The fourth-order valence-corrected chi connectivity index (χ4v) is 2.39. The first-order valence-corrected chi connectivity index (χ1v) is 6.00. The van der Waals surface area contributed by atoms with Gasteiger partial charge in [0, 0.05) is 18.3 Å². The SMILES string of the molecule is C=CCC1CCCN1C(=O)c1ccccc1N. The number of hydrogen-bond donors (Lipinski definition) is 1. The quantitative estimate of drug-likeness (QED) is 0.640. The average molecular weight is 230 g/mol. The lowest BCUT2D eigenvalue weighted by Crippen LogP contribution is -2.35. The van der Waals surface area contributed by atoms with E-state index in [1.165, 1.54) is 0 Å². The Kier molecular flexibility index (Phi) is 3.47. The second-order valence-corrected chi connectivity index (χ2v) is 4.41. The molecule has 0 bridgehead atoms. The van der Waals surface area contributed by atoms with Gasteiger partial charge < -0.3 is 10.6 Å². The fourth-order valence-electron chi connectivity index (χ4n) is 2.39. The monoisotopic (exact) mass is 230 g/mol. The minimum atomic E-state index is 0.0486. The van der Waals surface area contributed by atoms with Gasteiger partial charge in [0.1, 0.15) is 0 Å². The van der Waals surface area contributed by atoms with Gasteiger partial charge in [-0.3, -0.25) is 4.79 Å². The molecule has 1 fully saturated rings. The van der Waals surface area contributed by atoms with Crippen molar-refractivity contribution in [3.63, 3.8) is 0 Å². The van der Waals surface area contributed by atoms with Crippen LogP contribution in [0.5, 0.6) is 0 Å². The summed E-state index contributed by atoms with van der Waals surface area (Å²) in [5.74, 6) is 0.0486. The Hall–Kier alpha value is -1.77. The van der Waals surface area contributed by atoms with E-state index in [1.54, 1.807) is 12.1 Å². The lowest BCUT2D eigenvalue weighted by molar-refractivity contribution is 0.0739. The van der Waals surface area contributed by atoms with Crippen LogP contribution >= 0.6 is 0 Å². The van der Waals surface area contributed by atoms with Gasteiger partial charge in [-0.25, -0.2) is 0 Å². The number of benzene rings is 1. The van der Waals surface area contributed by atoms with E-state index in [2.05, 4.69) is 6.58 Å². The van der Waals surface area contributed by atoms with Gasteiger partial charge in [0.15, 0.2) is 0 Å². The van der Waals surface area contributed by atoms with Crippen molar-refractivity contribution in [1.82, 2.24) is 4.90 Å². The second-order valence-electron chi connectivity index (χ2n) is 4.41. The summed E-state index contributed by atoms with van der Waals surface area (Å²) in [6.07, 6.45) is 4.87. The Morgan fingerprint density at radius 3 is 3.00 bits per heavy atom. The maximum atomic E-state index is 12.4. The number of para-hydroxylation sites is 1. The van der Waals surface area contributed by atoms with Crippen LogP contribution in [0.15, 0.2) is 36.9 Å². The lowest BCUT2D eigenvalue weighted by Gasteiger charge is -2.24. The minimum Gasteiger partial charge on any atom is -0.398 e. The molecule has 1 aliphatic rings. The van der Waals surface area contributed by atoms with Gasteiger partial charge in [-0.15, -0.1) is 6.58 Å². The summed E-state index contributed by atoms with van der Waals surface area (Å²) in [7, 11) is 0. The Bertz CT molecular complexity index is 428. The van der Waals surface area contributed by atoms with Gasteiger partial charge in [-0.2, -0.15) is 0 Å². The molecule has 3 heteroatoms. The molecule has 0 saturated carbocycles. The van der Waals surface area contributed by atoms with Crippen LogP contribution in [0.4, 0.5) is 5.69 Å². The number of nitrogens with two attached hydrogens (primary N) is 1. The molecule has 1 aliphatic heterocycles. The van der Waals surface area contributed by atoms with E-state index in [9.17, 15) is 4.79 Å². The maximum absolute atomic E-state index is 12.4. The summed E-state index contributed by atoms with van der Waals surface area (Å²) >= 11 is 0. The molecule has 1 heterocycles. The van der Waals surface area contributed by atoms with E-state index < -0.39 is 0 Å². The number of hydrogen-bond acceptors (Lipinski definition) is 2. The molecule has 1 amide bonds. The number of amides is 1. The summed E-state index contributed by atoms with van der Waals surface area (Å²) in [5.41, 5.74) is 7.01. The number of nitrogen functional groups attached to an aromatic ring is 1. The number of anilines is 1. The van der Waals surface area contributed by atoms with Crippen molar-refractivity contribution in [1.29, 1.82) is 0 Å². The Morgan fingerprint density at radius 2 is 2.29 bits per heavy atom. The second kappa shape index (κ2) is 5.04. The summed E-state index contributed by atoms with van der Waals surface area (Å²) in [6, 6.07) is 7.55. The van der Waals surface area contributed by atoms with Crippen LogP contribution in [0.1, 0.15) is 29.6 Å². The van der Waals surface area contributed by atoms with Crippen molar-refractivity contribution >= 4 is 11.6 Å². The zero-order valence-electron chi connectivity index (χ0n) is 9.93. The van der Waals surface area contributed by atoms with Crippen LogP contribution in [-0.2, 0) is 0 Å². The summed E-state index contributed by atoms with van der Waals surface area (Å²) in [4.78, 5) is 14.3. The number of carbonyl (C=O) groups is 1. The predicted octanol–water partition coefficient (Wildman–Crippen LogP) is 2.45. The molecular weight excluding hydrogens is 212 g/mol. The lowest BCUT2D eigenvalue weighted by atomic mass is 10.1. The summed E-state index contributed by atoms with van der Waals surface area (Å²) < 4.78 is 0. The Balaban J connectivity index is 2.20. The number of rotatable bonds is 3. The number of nitrogens with zero attached hydrogens (tertiary/aromatic N) is 1. The molecular formula is C14H18N2O. The maximum Gasteiger partial charge on any atom is 0.256 e. The van der Waals surface area contributed by atoms with Gasteiger partial charge in [0.2, 0.25) is 0 Å². The van der Waals surface area contributed by atoms with Crippen LogP contribution < -0.4 is 5.73 Å². The molecule has 0 aliphatic carbocycles. The van der Waals surface area contributed by atoms with Gasteiger partial charge in [-0.05, 0) is 31.4 Å². The molecule has 1 unspecified atom stereocenters. The molecule has 17 heavy (non-hydrogen) atoms. The molecule has 0 radical (unpaired) electrons. The largest absolute Gasteiger partial charge is 0.398 e. The highest BCUT2D eigenvalue weighted by Crippen LogP contribution is 2.24. The smallest absolute Gasteiger partial charge is 0.256 e. The fraction of sp³-hybridized carbons (Fsp3) is 0.357. The third-order valence-electron chi connectivity index (χ3n) is 3.27. The van der Waals surface area contributed by atoms with Crippen LogP contribution in [0.2, 0.25) is 0 Å². The standard InChI is InChI=1S/C14H18N2O/c1-2-6-11-7-5-10-16(11)14(17)12-8-3-4-9-13(12)15/h2-4,8-9,11H,1,5-7,10,15H2. The molecule has 1 saturated heterocycles. The number of carbonyl (C=O) groups excluding carboxylic acids is 1. The highest BCUT2D eigenvalue weighted by molar-refractivity contribution is 5.99. The topological polar surface area (TPSA) is 46.3 Å². The van der Waals surface area contributed by atoms with E-state index in [4.69, 9.17) is 5.73 Å². The van der Waals surface area contributed by atoms with Crippen LogP contribution in [0.3, 0.4) is 0 Å². The van der Waals surface area contributed by atoms with Crippen molar-refractivity contribution in [3.8, 4) is 0 Å². The van der Waals surface area contributed by atoms with Crippen LogP contribution in [0, 0.1) is 0 Å². The van der Waals surface area contributed by atoms with Gasteiger partial charge in [0.25, 0.3) is 5.91 Å². The Morgan fingerprint density at radius 1 is 1.53 bits per heavy atom.